The molecule has 0 atom stereocenters. The van der Waals surface area contributed by atoms with Crippen LogP contribution in [0.3, 0.4) is 0 Å². The number of pyridine rings is 1. The predicted octanol–water partition coefficient (Wildman–Crippen LogP) is 3.42. The number of carbonyl (C=O) groups excluding carboxylic acids is 1. The highest BCUT2D eigenvalue weighted by molar-refractivity contribution is 6.03. The van der Waals surface area contributed by atoms with E-state index in [0.29, 0.717) is 18.5 Å². The minimum absolute atomic E-state index is 0.144. The van der Waals surface area contributed by atoms with Crippen molar-refractivity contribution in [1.29, 1.82) is 0 Å². The van der Waals surface area contributed by atoms with E-state index in [9.17, 15) is 9.90 Å². The number of aromatic nitrogens is 3. The lowest BCUT2D eigenvalue weighted by atomic mass is 10.1. The summed E-state index contributed by atoms with van der Waals surface area (Å²) in [4.78, 5) is 17.0. The van der Waals surface area contributed by atoms with E-state index in [2.05, 4.69) is 20.7 Å². The van der Waals surface area contributed by atoms with Crippen LogP contribution < -0.4 is 10.6 Å². The van der Waals surface area contributed by atoms with Gasteiger partial charge in [-0.05, 0) is 64.3 Å². The number of hydrogen-bond donors (Lipinski definition) is 3. The monoisotopic (exact) mass is 395 g/mol. The van der Waals surface area contributed by atoms with E-state index >= 15 is 0 Å². The lowest BCUT2D eigenvalue weighted by molar-refractivity contribution is 0.0693. The van der Waals surface area contributed by atoms with Gasteiger partial charge in [-0.3, -0.25) is 9.78 Å². The highest BCUT2D eigenvalue weighted by atomic mass is 16.3. The average molecular weight is 396 g/mol. The third-order valence-corrected chi connectivity index (χ3v) is 4.67. The van der Waals surface area contributed by atoms with Gasteiger partial charge in [0.15, 0.2) is 0 Å². The fourth-order valence-corrected chi connectivity index (χ4v) is 3.19. The van der Waals surface area contributed by atoms with Crippen LogP contribution in [0.25, 0.3) is 16.6 Å². The van der Waals surface area contributed by atoms with Crippen molar-refractivity contribution in [3.63, 3.8) is 0 Å². The molecule has 3 heterocycles. The van der Waals surface area contributed by atoms with Crippen LogP contribution in [0.4, 0.5) is 5.69 Å². The molecule has 7 heteroatoms. The molecule has 3 aromatic heterocycles. The summed E-state index contributed by atoms with van der Waals surface area (Å²) in [7, 11) is 0. The molecule has 0 saturated carbocycles. The maximum atomic E-state index is 12.8. The maximum absolute atomic E-state index is 12.8. The molecule has 0 bridgehead atoms. The molecule has 3 rings (SSSR count). The molecule has 0 aromatic carbocycles. The zero-order valence-corrected chi connectivity index (χ0v) is 17.7. The number of anilines is 1. The first-order valence-corrected chi connectivity index (χ1v) is 9.85. The van der Waals surface area contributed by atoms with Crippen LogP contribution in [0.15, 0.2) is 36.9 Å². The van der Waals surface area contributed by atoms with Crippen molar-refractivity contribution < 1.29 is 9.90 Å². The topological polar surface area (TPSA) is 91.5 Å². The van der Waals surface area contributed by atoms with E-state index in [1.807, 2.05) is 45.3 Å². The number of rotatable bonds is 7. The normalized spacial score (nSPS) is 11.8. The molecule has 7 nitrogen and oxygen atoms in total. The molecule has 0 unspecified atom stereocenters. The van der Waals surface area contributed by atoms with Gasteiger partial charge in [-0.2, -0.15) is 5.10 Å². The Bertz CT molecular complexity index is 1020. The summed E-state index contributed by atoms with van der Waals surface area (Å²) in [5.74, 6) is -0.213. The van der Waals surface area contributed by atoms with Gasteiger partial charge in [0.2, 0.25) is 0 Å². The summed E-state index contributed by atoms with van der Waals surface area (Å²) >= 11 is 0. The molecule has 29 heavy (non-hydrogen) atoms. The third-order valence-electron chi connectivity index (χ3n) is 4.67. The predicted molar refractivity (Wildman–Crippen MR) is 115 cm³/mol. The Morgan fingerprint density at radius 1 is 1.31 bits per heavy atom. The highest BCUT2D eigenvalue weighted by Crippen LogP contribution is 2.30. The van der Waals surface area contributed by atoms with Crippen molar-refractivity contribution >= 4 is 17.1 Å². The van der Waals surface area contributed by atoms with Crippen LogP contribution >= 0.6 is 0 Å². The summed E-state index contributed by atoms with van der Waals surface area (Å²) in [6.07, 6.45) is 7.62. The number of carbonyl (C=O) groups is 1. The van der Waals surface area contributed by atoms with Crippen LogP contribution in [-0.4, -0.2) is 43.8 Å². The van der Waals surface area contributed by atoms with E-state index in [1.54, 1.807) is 30.8 Å². The van der Waals surface area contributed by atoms with Gasteiger partial charge in [-0.25, -0.2) is 4.52 Å². The standard InChI is InChI=1S/C22H29N5O2/c1-14(2)26-20-18(21(28)24-9-7-22(4,5)29)12-25-27-13-16(10-19(20)27)17-6-8-23-11-15(17)3/h6,8,10-14,26,29H,7,9H2,1-5H3,(H,24,28). The average Bonchev–Trinajstić information content (AvgIpc) is 3.05. The number of hydrogen-bond acceptors (Lipinski definition) is 5. The van der Waals surface area contributed by atoms with Crippen molar-refractivity contribution in [3.05, 3.63) is 48.0 Å². The fourth-order valence-electron chi connectivity index (χ4n) is 3.19. The molecule has 0 radical (unpaired) electrons. The number of aliphatic hydroxyl groups is 1. The van der Waals surface area contributed by atoms with E-state index in [4.69, 9.17) is 0 Å². The summed E-state index contributed by atoms with van der Waals surface area (Å²) in [6.45, 7) is 9.92. The molecule has 0 aliphatic rings. The van der Waals surface area contributed by atoms with Crippen molar-refractivity contribution in [2.45, 2.75) is 52.7 Å². The van der Waals surface area contributed by atoms with Gasteiger partial charge in [0.1, 0.15) is 0 Å². The van der Waals surface area contributed by atoms with Crippen LogP contribution in [0.1, 0.15) is 50.0 Å². The second-order valence-corrected chi connectivity index (χ2v) is 8.30. The number of nitrogens with zero attached hydrogens (tertiary/aromatic N) is 3. The SMILES string of the molecule is Cc1cnccc1-c1cc2c(NC(C)C)c(C(=O)NCCC(C)(C)O)cnn2c1. The van der Waals surface area contributed by atoms with Crippen LogP contribution in [0.2, 0.25) is 0 Å². The summed E-state index contributed by atoms with van der Waals surface area (Å²) < 4.78 is 1.79. The Hall–Kier alpha value is -2.93. The number of amides is 1. The number of aryl methyl sites for hydroxylation is 1. The van der Waals surface area contributed by atoms with Crippen LogP contribution in [-0.2, 0) is 0 Å². The molecule has 0 saturated heterocycles. The van der Waals surface area contributed by atoms with Gasteiger partial charge < -0.3 is 15.7 Å². The molecule has 0 fully saturated rings. The van der Waals surface area contributed by atoms with E-state index in [-0.39, 0.29) is 11.9 Å². The Morgan fingerprint density at radius 3 is 2.72 bits per heavy atom. The van der Waals surface area contributed by atoms with Crippen molar-refractivity contribution in [3.8, 4) is 11.1 Å². The molecule has 1 amide bonds. The first kappa shape index (κ1) is 20.8. The highest BCUT2D eigenvalue weighted by Gasteiger charge is 2.19. The Kier molecular flexibility index (Phi) is 5.88. The van der Waals surface area contributed by atoms with Gasteiger partial charge in [-0.15, -0.1) is 0 Å². The van der Waals surface area contributed by atoms with Crippen molar-refractivity contribution in [1.82, 2.24) is 19.9 Å². The minimum Gasteiger partial charge on any atom is -0.390 e. The quantitative estimate of drug-likeness (QED) is 0.570. The molecular weight excluding hydrogens is 366 g/mol. The van der Waals surface area contributed by atoms with Gasteiger partial charge in [-0.1, -0.05) is 0 Å². The second kappa shape index (κ2) is 8.21. The summed E-state index contributed by atoms with van der Waals surface area (Å²) in [5.41, 5.74) is 4.41. The largest absolute Gasteiger partial charge is 0.390 e. The molecule has 0 aliphatic heterocycles. The van der Waals surface area contributed by atoms with E-state index < -0.39 is 5.60 Å². The first-order chi connectivity index (χ1) is 13.7. The fraction of sp³-hybridized carbons (Fsp3) is 0.409. The molecule has 0 aliphatic carbocycles. The van der Waals surface area contributed by atoms with Gasteiger partial charge in [0.05, 0.1) is 28.6 Å². The lowest BCUT2D eigenvalue weighted by Gasteiger charge is -2.18. The Labute approximate surface area is 171 Å². The van der Waals surface area contributed by atoms with E-state index in [1.165, 1.54) is 0 Å². The molecule has 3 aromatic rings. The van der Waals surface area contributed by atoms with E-state index in [0.717, 1.165) is 27.9 Å². The van der Waals surface area contributed by atoms with Gasteiger partial charge in [0, 0.05) is 36.7 Å². The number of nitrogens with one attached hydrogen (secondary N) is 2. The zero-order valence-electron chi connectivity index (χ0n) is 17.7. The van der Waals surface area contributed by atoms with Crippen molar-refractivity contribution in [2.75, 3.05) is 11.9 Å². The summed E-state index contributed by atoms with van der Waals surface area (Å²) in [6, 6.07) is 4.16. The van der Waals surface area contributed by atoms with Gasteiger partial charge >= 0.3 is 0 Å². The molecule has 0 spiro atoms. The van der Waals surface area contributed by atoms with Crippen LogP contribution in [0.5, 0.6) is 0 Å². The maximum Gasteiger partial charge on any atom is 0.255 e. The summed E-state index contributed by atoms with van der Waals surface area (Å²) in [5, 5.41) is 20.6. The second-order valence-electron chi connectivity index (χ2n) is 8.30. The number of fused-ring (bicyclic) bond motifs is 1. The van der Waals surface area contributed by atoms with Gasteiger partial charge in [0.25, 0.3) is 5.91 Å². The molecule has 3 N–H and O–H groups in total. The third kappa shape index (κ3) is 4.92. The first-order valence-electron chi connectivity index (χ1n) is 9.85. The Balaban J connectivity index is 2.00. The lowest BCUT2D eigenvalue weighted by Crippen LogP contribution is -2.31. The smallest absolute Gasteiger partial charge is 0.255 e. The Morgan fingerprint density at radius 2 is 2.07 bits per heavy atom. The molecule has 154 valence electrons. The van der Waals surface area contributed by atoms with Crippen LogP contribution in [0, 0.1) is 6.92 Å². The zero-order chi connectivity index (χ0) is 21.2. The minimum atomic E-state index is -0.826. The van der Waals surface area contributed by atoms with Crippen molar-refractivity contribution in [2.24, 2.45) is 0 Å². The molecular formula is C22H29N5O2.